The lowest BCUT2D eigenvalue weighted by Crippen LogP contribution is -2.53. The molecule has 0 unspecified atom stereocenters. The molecule has 0 spiro atoms. The maximum absolute atomic E-state index is 8.48. The van der Waals surface area contributed by atoms with Gasteiger partial charge in [-0.15, -0.1) is 0 Å². The Morgan fingerprint density at radius 1 is 0.552 bits per heavy atom. The van der Waals surface area contributed by atoms with Gasteiger partial charge in [-0.05, 0) is 60.8 Å². The van der Waals surface area contributed by atoms with Crippen molar-refractivity contribution in [3.63, 3.8) is 0 Å². The van der Waals surface area contributed by atoms with E-state index in [4.69, 9.17) is 32.0 Å². The molecule has 174 valence electrons. The Bertz CT molecular complexity index is 380. The van der Waals surface area contributed by atoms with Gasteiger partial charge in [-0.2, -0.15) is 0 Å². The molecule has 0 fully saturated rings. The second-order valence-corrected chi connectivity index (χ2v) is 11.9. The molecule has 0 rings (SSSR count). The lowest BCUT2D eigenvalue weighted by Gasteiger charge is -2.29. The average Bonchev–Trinajstić information content (AvgIpc) is 2.68. The molecule has 0 aliphatic heterocycles. The summed E-state index contributed by atoms with van der Waals surface area (Å²) < 4.78 is 35.1. The molecule has 0 aromatic rings. The minimum atomic E-state index is -2.99. The summed E-state index contributed by atoms with van der Waals surface area (Å²) in [6.07, 6.45) is 5.96. The van der Waals surface area contributed by atoms with E-state index >= 15 is 0 Å². The molecular weight excluding hydrogens is 406 g/mol. The van der Waals surface area contributed by atoms with Crippen LogP contribution in [0.1, 0.15) is 80.1 Å². The van der Waals surface area contributed by atoms with Gasteiger partial charge >= 0.3 is 17.6 Å². The van der Waals surface area contributed by atoms with Crippen LogP contribution in [0.2, 0.25) is 6.04 Å². The zero-order valence-corrected chi connectivity index (χ0v) is 21.6. The maximum Gasteiger partial charge on any atom is 0.551 e. The molecule has 9 heteroatoms. The molecule has 0 amide bonds. The van der Waals surface area contributed by atoms with Gasteiger partial charge in [-0.1, -0.05) is 19.3 Å². The molecule has 0 aromatic carbocycles. The molecule has 0 aliphatic rings. The first-order chi connectivity index (χ1) is 14.0. The molecule has 0 aromatic heterocycles. The van der Waals surface area contributed by atoms with Crippen LogP contribution in [0, 0.1) is 5.41 Å². The molecular formula is C20H45NO6Si2. The van der Waals surface area contributed by atoms with Crippen molar-refractivity contribution in [3.05, 3.63) is 0 Å². The lowest BCUT2D eigenvalue weighted by atomic mass is 10.1. The topological polar surface area (TPSA) is 79.2 Å². The second-order valence-electron chi connectivity index (χ2n) is 6.58. The quantitative estimate of drug-likeness (QED) is 0.151. The molecule has 0 heterocycles. The van der Waals surface area contributed by atoms with Crippen LogP contribution in [0.5, 0.6) is 0 Å². The third-order valence-corrected chi connectivity index (χ3v) is 10.5. The normalized spacial score (nSPS) is 12.5. The Morgan fingerprint density at radius 3 is 1.34 bits per heavy atom. The van der Waals surface area contributed by atoms with Gasteiger partial charge in [-0.3, -0.25) is 0 Å². The zero-order valence-electron chi connectivity index (χ0n) is 19.6. The van der Waals surface area contributed by atoms with Gasteiger partial charge < -0.3 is 32.0 Å². The van der Waals surface area contributed by atoms with Gasteiger partial charge in [0.1, 0.15) is 0 Å². The van der Waals surface area contributed by atoms with Crippen molar-refractivity contribution in [2.45, 2.75) is 86.1 Å². The minimum absolute atomic E-state index is 0.499. The van der Waals surface area contributed by atoms with Crippen molar-refractivity contribution in [1.82, 2.24) is 0 Å². The highest BCUT2D eigenvalue weighted by Crippen LogP contribution is 2.21. The van der Waals surface area contributed by atoms with Crippen LogP contribution in [0.15, 0.2) is 0 Å². The fourth-order valence-electron chi connectivity index (χ4n) is 3.28. The van der Waals surface area contributed by atoms with Crippen molar-refractivity contribution in [2.24, 2.45) is 0 Å². The predicted molar refractivity (Wildman–Crippen MR) is 121 cm³/mol. The van der Waals surface area contributed by atoms with Crippen molar-refractivity contribution in [2.75, 3.05) is 39.6 Å². The Morgan fingerprint density at radius 2 is 0.931 bits per heavy atom. The largest absolute Gasteiger partial charge is 0.551 e. The first-order valence-electron chi connectivity index (χ1n) is 11.4. The van der Waals surface area contributed by atoms with Crippen LogP contribution in [0.4, 0.5) is 0 Å². The van der Waals surface area contributed by atoms with Crippen molar-refractivity contribution >= 4 is 22.9 Å². The van der Waals surface area contributed by atoms with Gasteiger partial charge in [0, 0.05) is 45.7 Å². The van der Waals surface area contributed by atoms with Gasteiger partial charge in [0.15, 0.2) is 0 Å². The van der Waals surface area contributed by atoms with Gasteiger partial charge in [-0.25, -0.2) is 0 Å². The fraction of sp³-hybridized carbons (Fsp3) is 0.950. The Kier molecular flexibility index (Phi) is 17.5. The minimum Gasteiger partial charge on any atom is -0.374 e. The van der Waals surface area contributed by atoms with Gasteiger partial charge in [0.25, 0.3) is 0 Å². The highest BCUT2D eigenvalue weighted by Gasteiger charge is 2.45. The summed E-state index contributed by atoms with van der Waals surface area (Å²) in [5.74, 6) is 0. The molecule has 7 nitrogen and oxygen atoms in total. The highest BCUT2D eigenvalue weighted by atomic mass is 28.4. The van der Waals surface area contributed by atoms with Gasteiger partial charge in [0.05, 0.1) is 5.33 Å². The van der Waals surface area contributed by atoms with Gasteiger partial charge in [0.2, 0.25) is 0 Å². The number of rotatable bonds is 21. The second kappa shape index (κ2) is 17.5. The van der Waals surface area contributed by atoms with Crippen molar-refractivity contribution in [1.29, 1.82) is 5.41 Å². The zero-order chi connectivity index (χ0) is 22.0. The molecule has 1 N–H and O–H groups in total. The van der Waals surface area contributed by atoms with Crippen LogP contribution in [0.3, 0.4) is 0 Å². The third-order valence-electron chi connectivity index (χ3n) is 4.38. The van der Waals surface area contributed by atoms with E-state index in [1.807, 2.05) is 41.5 Å². The average molecular weight is 452 g/mol. The Balaban J connectivity index is 4.34. The molecule has 0 radical (unpaired) electrons. The third kappa shape index (κ3) is 11.2. The van der Waals surface area contributed by atoms with E-state index in [9.17, 15) is 0 Å². The van der Waals surface area contributed by atoms with Crippen LogP contribution in [-0.2, 0) is 26.6 Å². The molecule has 0 aliphatic carbocycles. The fourth-order valence-corrected chi connectivity index (χ4v) is 8.37. The summed E-state index contributed by atoms with van der Waals surface area (Å²) in [5, 5.41) is 8.98. The first kappa shape index (κ1) is 28.9. The molecule has 0 atom stereocenters. The van der Waals surface area contributed by atoms with Crippen LogP contribution in [0.25, 0.3) is 0 Å². The molecule has 0 saturated heterocycles. The van der Waals surface area contributed by atoms with E-state index in [0.717, 1.165) is 38.1 Å². The molecule has 29 heavy (non-hydrogen) atoms. The van der Waals surface area contributed by atoms with Crippen molar-refractivity contribution < 1.29 is 26.6 Å². The predicted octanol–water partition coefficient (Wildman–Crippen LogP) is 4.98. The van der Waals surface area contributed by atoms with Crippen LogP contribution < -0.4 is 0 Å². The summed E-state index contributed by atoms with van der Waals surface area (Å²) >= 11 is 0. The molecule has 0 saturated carbocycles. The summed E-state index contributed by atoms with van der Waals surface area (Å²) in [5.41, 5.74) is 0. The SMILES string of the molecule is CCO[Si](CCCCCCCC(=N)[Si](OCC)(OCC)OCC)(OCC)OCC. The van der Waals surface area contributed by atoms with E-state index in [-0.39, 0.29) is 0 Å². The standard InChI is InChI=1S/C20H45NO6Si2/c1-7-22-28(23-8-2,24-9-3)19-17-15-13-14-16-18-20(21)29(25-10-4,26-11-5)27-12-6/h21H,7-19H2,1-6H3. The Labute approximate surface area is 181 Å². The molecule has 0 bridgehead atoms. The number of nitrogens with one attached hydrogen (secondary N) is 1. The number of unbranched alkanes of at least 4 members (excludes halogenated alkanes) is 4. The highest BCUT2D eigenvalue weighted by molar-refractivity contribution is 6.93. The summed E-state index contributed by atoms with van der Waals surface area (Å²) in [4.78, 5) is 0. The smallest absolute Gasteiger partial charge is 0.374 e. The van der Waals surface area contributed by atoms with E-state index in [1.165, 1.54) is 0 Å². The van der Waals surface area contributed by atoms with Crippen LogP contribution >= 0.6 is 0 Å². The summed E-state index contributed by atoms with van der Waals surface area (Å²) in [6.45, 7) is 15.1. The number of hydrogen-bond acceptors (Lipinski definition) is 7. The van der Waals surface area contributed by atoms with E-state index in [1.54, 1.807) is 0 Å². The van der Waals surface area contributed by atoms with E-state index in [2.05, 4.69) is 0 Å². The lowest BCUT2D eigenvalue weighted by molar-refractivity contribution is 0.0706. The van der Waals surface area contributed by atoms with E-state index in [0.29, 0.717) is 51.4 Å². The van der Waals surface area contributed by atoms with E-state index < -0.39 is 17.6 Å². The van der Waals surface area contributed by atoms with Crippen molar-refractivity contribution in [3.8, 4) is 0 Å². The maximum atomic E-state index is 8.48. The monoisotopic (exact) mass is 451 g/mol. The summed E-state index contributed by atoms with van der Waals surface area (Å²) in [7, 11) is -5.50. The van der Waals surface area contributed by atoms with Crippen LogP contribution in [-0.4, -0.2) is 62.6 Å². The number of hydrogen-bond donors (Lipinski definition) is 1. The first-order valence-corrected chi connectivity index (χ1v) is 15.1. The Hall–Kier alpha value is -0.136. The summed E-state index contributed by atoms with van der Waals surface area (Å²) in [6, 6.07) is 0.868.